The van der Waals surface area contributed by atoms with Crippen molar-refractivity contribution >= 4 is 5.69 Å². The summed E-state index contributed by atoms with van der Waals surface area (Å²) in [4.78, 5) is 24.6. The highest BCUT2D eigenvalue weighted by molar-refractivity contribution is 5.64. The monoisotopic (exact) mass is 225 g/mol. The first-order chi connectivity index (χ1) is 7.70. The Morgan fingerprint density at radius 2 is 2.19 bits per heavy atom. The van der Waals surface area contributed by atoms with Crippen LogP contribution in [-0.2, 0) is 0 Å². The molecule has 16 heavy (non-hydrogen) atoms. The van der Waals surface area contributed by atoms with Gasteiger partial charge in [0.2, 0.25) is 0 Å². The maximum atomic E-state index is 11.5. The molecule has 0 bridgehead atoms. The zero-order chi connectivity index (χ0) is 11.7. The average molecular weight is 225 g/mol. The van der Waals surface area contributed by atoms with E-state index in [0.29, 0.717) is 18.8 Å². The quantitative estimate of drug-likeness (QED) is 0.709. The van der Waals surface area contributed by atoms with E-state index in [1.54, 1.807) is 11.8 Å². The first kappa shape index (κ1) is 11.1. The molecule has 1 aromatic carbocycles. The van der Waals surface area contributed by atoms with Crippen LogP contribution in [0.5, 0.6) is 5.75 Å². The fourth-order valence-corrected chi connectivity index (χ4v) is 2.22. The van der Waals surface area contributed by atoms with Gasteiger partial charge in [-0.15, -0.1) is 0 Å². The maximum Gasteiger partial charge on any atom is 0.272 e. The Hall–Kier alpha value is -1.36. The minimum Gasteiger partial charge on any atom is -0.488 e. The lowest BCUT2D eigenvalue weighted by Crippen LogP contribution is -2.44. The smallest absolute Gasteiger partial charge is 0.272 e. The molecular weight excluding hydrogens is 210 g/mol. The summed E-state index contributed by atoms with van der Waals surface area (Å²) in [5.41, 5.74) is -0.660. The summed E-state index contributed by atoms with van der Waals surface area (Å²) in [5, 5.41) is 9.17. The second-order valence-electron chi connectivity index (χ2n) is 3.94. The molecule has 0 aliphatic carbocycles. The molecule has 0 saturated carbocycles. The van der Waals surface area contributed by atoms with E-state index in [9.17, 15) is 14.7 Å². The Morgan fingerprint density at radius 1 is 1.44 bits per heavy atom. The van der Waals surface area contributed by atoms with Gasteiger partial charge in [-0.2, -0.15) is 0 Å². The van der Waals surface area contributed by atoms with Crippen molar-refractivity contribution in [1.29, 1.82) is 0 Å². The number of nitrogens with zero attached hydrogens (tertiary/aromatic N) is 1. The molecule has 1 atom stereocenters. The van der Waals surface area contributed by atoms with E-state index in [1.807, 2.05) is 0 Å². The Labute approximate surface area is 92.9 Å². The summed E-state index contributed by atoms with van der Waals surface area (Å²) in [7, 11) is 0. The second-order valence-corrected chi connectivity index (χ2v) is 3.94. The van der Waals surface area contributed by atoms with Crippen molar-refractivity contribution in [2.45, 2.75) is 25.8 Å². The second kappa shape index (κ2) is 4.25. The fourth-order valence-electron chi connectivity index (χ4n) is 2.22. The Balaban J connectivity index is 2.30. The van der Waals surface area contributed by atoms with E-state index in [2.05, 4.69) is 0 Å². The molecule has 5 heteroatoms. The minimum absolute atomic E-state index is 0.00434. The number of ether oxygens (including phenoxy) is 1. The van der Waals surface area contributed by atoms with Crippen LogP contribution >= 0.6 is 0 Å². The number of hydrogen-bond donors (Lipinski definition) is 1. The van der Waals surface area contributed by atoms with Crippen LogP contribution < -0.4 is 20.5 Å². The molecule has 2 rings (SSSR count). The molecule has 0 aromatic heterocycles. The predicted octanol–water partition coefficient (Wildman–Crippen LogP) is -0.358. The van der Waals surface area contributed by atoms with Crippen molar-refractivity contribution in [3.8, 4) is 5.75 Å². The van der Waals surface area contributed by atoms with Gasteiger partial charge in [0, 0.05) is 6.54 Å². The van der Waals surface area contributed by atoms with Crippen LogP contribution in [-0.4, -0.2) is 30.9 Å². The summed E-state index contributed by atoms with van der Waals surface area (Å²) < 4.78 is 5.16. The molecule has 1 saturated heterocycles. The molecule has 1 aromatic rings. The van der Waals surface area contributed by atoms with Crippen LogP contribution in [0.15, 0.2) is 9.59 Å². The zero-order valence-electron chi connectivity index (χ0n) is 9.23. The Morgan fingerprint density at radius 3 is 2.81 bits per heavy atom. The van der Waals surface area contributed by atoms with Crippen molar-refractivity contribution < 1.29 is 9.84 Å². The highest BCUT2D eigenvalue weighted by Crippen LogP contribution is 2.29. The number of rotatable bonds is 4. The number of aliphatic hydroxyl groups is 1. The first-order valence-corrected chi connectivity index (χ1v) is 5.54. The maximum absolute atomic E-state index is 11.5. The lowest BCUT2D eigenvalue weighted by atomic mass is 10.1. The summed E-state index contributed by atoms with van der Waals surface area (Å²) in [6, 6.07) is -0.0532. The van der Waals surface area contributed by atoms with Crippen LogP contribution in [0.3, 0.4) is 0 Å². The van der Waals surface area contributed by atoms with Gasteiger partial charge in [-0.3, -0.25) is 9.59 Å². The number of hydrogen-bond acceptors (Lipinski definition) is 5. The number of aliphatic hydroxyl groups excluding tert-OH is 1. The SMILES string of the molecule is CCOc1c(N2CCC[C@H]2CO)c(=O)c1=O. The molecule has 1 N–H and O–H groups in total. The lowest BCUT2D eigenvalue weighted by Gasteiger charge is -2.27. The number of anilines is 1. The molecule has 1 heterocycles. The molecule has 1 aliphatic rings. The van der Waals surface area contributed by atoms with Crippen LogP contribution in [0, 0.1) is 0 Å². The van der Waals surface area contributed by atoms with Crippen molar-refractivity contribution in [2.75, 3.05) is 24.7 Å². The van der Waals surface area contributed by atoms with Gasteiger partial charge < -0.3 is 14.7 Å². The van der Waals surface area contributed by atoms with Gasteiger partial charge in [-0.1, -0.05) is 0 Å². The van der Waals surface area contributed by atoms with Gasteiger partial charge in [-0.25, -0.2) is 0 Å². The summed E-state index contributed by atoms with van der Waals surface area (Å²) in [6.45, 7) is 2.85. The normalized spacial score (nSPS) is 20.6. The van der Waals surface area contributed by atoms with Gasteiger partial charge in [0.05, 0.1) is 19.3 Å². The third-order valence-electron chi connectivity index (χ3n) is 3.01. The topological polar surface area (TPSA) is 66.8 Å². The van der Waals surface area contributed by atoms with E-state index in [-0.39, 0.29) is 18.4 Å². The molecule has 0 amide bonds. The highest BCUT2D eigenvalue weighted by atomic mass is 16.5. The third kappa shape index (κ3) is 1.51. The van der Waals surface area contributed by atoms with Crippen LogP contribution in [0.1, 0.15) is 19.8 Å². The van der Waals surface area contributed by atoms with Crippen LogP contribution in [0.2, 0.25) is 0 Å². The van der Waals surface area contributed by atoms with E-state index in [0.717, 1.165) is 12.8 Å². The first-order valence-electron chi connectivity index (χ1n) is 5.54. The summed E-state index contributed by atoms with van der Waals surface area (Å²) in [6.07, 6.45) is 1.77. The molecule has 1 fully saturated rings. The summed E-state index contributed by atoms with van der Waals surface area (Å²) in [5.74, 6) is 0.174. The van der Waals surface area contributed by atoms with E-state index < -0.39 is 10.9 Å². The van der Waals surface area contributed by atoms with E-state index >= 15 is 0 Å². The molecule has 0 unspecified atom stereocenters. The molecule has 88 valence electrons. The van der Waals surface area contributed by atoms with Crippen molar-refractivity contribution in [3.05, 3.63) is 20.4 Å². The largest absolute Gasteiger partial charge is 0.488 e. The standard InChI is InChI=1S/C11H15NO4/c1-2-16-11-8(9(14)10(11)15)12-5-3-4-7(12)6-13/h7,13H,2-6H2,1H3/t7-/m0/s1. The predicted molar refractivity (Wildman–Crippen MR) is 60.0 cm³/mol. The molecular formula is C11H15NO4. The lowest BCUT2D eigenvalue weighted by molar-refractivity contribution is 0.264. The van der Waals surface area contributed by atoms with Gasteiger partial charge in [0.15, 0.2) is 5.75 Å². The molecule has 5 nitrogen and oxygen atoms in total. The molecule has 1 aliphatic heterocycles. The van der Waals surface area contributed by atoms with Crippen molar-refractivity contribution in [3.63, 3.8) is 0 Å². The van der Waals surface area contributed by atoms with Gasteiger partial charge in [-0.05, 0) is 19.8 Å². The Bertz CT molecular complexity index is 447. The third-order valence-corrected chi connectivity index (χ3v) is 3.01. The molecule has 0 radical (unpaired) electrons. The summed E-state index contributed by atoms with van der Waals surface area (Å²) >= 11 is 0. The van der Waals surface area contributed by atoms with Crippen LogP contribution in [0.4, 0.5) is 5.69 Å². The molecule has 0 spiro atoms. The zero-order valence-corrected chi connectivity index (χ0v) is 9.23. The average Bonchev–Trinajstić information content (AvgIpc) is 2.75. The Kier molecular flexibility index (Phi) is 2.96. The van der Waals surface area contributed by atoms with Crippen LogP contribution in [0.25, 0.3) is 0 Å². The van der Waals surface area contributed by atoms with Crippen molar-refractivity contribution in [2.24, 2.45) is 0 Å². The highest BCUT2D eigenvalue weighted by Gasteiger charge is 2.33. The van der Waals surface area contributed by atoms with Gasteiger partial charge in [0.25, 0.3) is 10.9 Å². The van der Waals surface area contributed by atoms with Crippen molar-refractivity contribution in [1.82, 2.24) is 0 Å². The van der Waals surface area contributed by atoms with E-state index in [4.69, 9.17) is 4.74 Å². The fraction of sp³-hybridized carbons (Fsp3) is 0.636. The minimum atomic E-state index is -0.541. The van der Waals surface area contributed by atoms with E-state index in [1.165, 1.54) is 0 Å². The van der Waals surface area contributed by atoms with Gasteiger partial charge >= 0.3 is 0 Å². The van der Waals surface area contributed by atoms with Gasteiger partial charge in [0.1, 0.15) is 5.69 Å².